The number of carboxylic acids is 1. The van der Waals surface area contributed by atoms with Gasteiger partial charge < -0.3 is 9.67 Å². The fraction of sp³-hybridized carbons (Fsp3) is 0.0833. The number of aromatic nitrogens is 1. The van der Waals surface area contributed by atoms with Crippen LogP contribution in [0.25, 0.3) is 10.9 Å². The maximum absolute atomic E-state index is 10.8. The van der Waals surface area contributed by atoms with Gasteiger partial charge in [-0.2, -0.15) is 0 Å². The topological polar surface area (TPSA) is 42.2 Å². The highest BCUT2D eigenvalue weighted by Crippen LogP contribution is 2.17. The Kier molecular flexibility index (Phi) is 2.97. The third-order valence-corrected chi connectivity index (χ3v) is 2.59. The number of hydrogen-bond donors (Lipinski definition) is 1. The third-order valence-electron chi connectivity index (χ3n) is 2.41. The van der Waals surface area contributed by atoms with Crippen LogP contribution in [-0.4, -0.2) is 15.6 Å². The lowest BCUT2D eigenvalue weighted by atomic mass is 10.1. The van der Waals surface area contributed by atoms with Crippen molar-refractivity contribution in [3.8, 4) is 0 Å². The van der Waals surface area contributed by atoms with Gasteiger partial charge in [-0.1, -0.05) is 17.7 Å². The molecule has 0 saturated heterocycles. The van der Waals surface area contributed by atoms with Gasteiger partial charge in [-0.05, 0) is 24.3 Å². The number of fused-ring (bicyclic) bond motifs is 1. The molecule has 2 aromatic rings. The number of allylic oxidation sites excluding steroid dienone is 1. The minimum absolute atomic E-state index is 0.304. The smallest absolute Gasteiger partial charge is 0.335 e. The van der Waals surface area contributed by atoms with Crippen LogP contribution in [-0.2, 0) is 6.54 Å². The Hall–Kier alpha value is -1.74. The second-order valence-electron chi connectivity index (χ2n) is 3.41. The van der Waals surface area contributed by atoms with Crippen LogP contribution in [0, 0.1) is 0 Å². The fourth-order valence-corrected chi connectivity index (χ4v) is 1.73. The lowest BCUT2D eigenvalue weighted by Crippen LogP contribution is -1.96. The predicted octanol–water partition coefficient (Wildman–Crippen LogP) is 3.09. The first-order valence-corrected chi connectivity index (χ1v) is 5.23. The highest BCUT2D eigenvalue weighted by atomic mass is 35.5. The van der Waals surface area contributed by atoms with Crippen LogP contribution >= 0.6 is 11.6 Å². The van der Waals surface area contributed by atoms with Crippen LogP contribution in [0.5, 0.6) is 0 Å². The first kappa shape index (κ1) is 10.8. The van der Waals surface area contributed by atoms with Crippen molar-refractivity contribution >= 4 is 28.5 Å². The molecule has 82 valence electrons. The third kappa shape index (κ3) is 1.95. The van der Waals surface area contributed by atoms with E-state index in [9.17, 15) is 4.79 Å². The standard InChI is InChI=1S/C12H10ClNO2/c13-5-1-6-14-7-4-9-8-10(12(15)16)2-3-11(9)14/h1-5,7-8H,6H2,(H,15,16). The molecule has 0 radical (unpaired) electrons. The van der Waals surface area contributed by atoms with Crippen LogP contribution in [0.4, 0.5) is 0 Å². The maximum atomic E-state index is 10.8. The van der Waals surface area contributed by atoms with Crippen molar-refractivity contribution in [1.82, 2.24) is 4.57 Å². The first-order valence-electron chi connectivity index (χ1n) is 4.80. The van der Waals surface area contributed by atoms with E-state index in [2.05, 4.69) is 0 Å². The first-order chi connectivity index (χ1) is 7.72. The van der Waals surface area contributed by atoms with Crippen molar-refractivity contribution in [1.29, 1.82) is 0 Å². The minimum Gasteiger partial charge on any atom is -0.478 e. The van der Waals surface area contributed by atoms with E-state index in [1.165, 1.54) is 5.54 Å². The van der Waals surface area contributed by atoms with Crippen LogP contribution in [0.1, 0.15) is 10.4 Å². The molecule has 1 aromatic heterocycles. The summed E-state index contributed by atoms with van der Waals surface area (Å²) >= 11 is 5.46. The number of aromatic carboxylic acids is 1. The van der Waals surface area contributed by atoms with E-state index < -0.39 is 5.97 Å². The summed E-state index contributed by atoms with van der Waals surface area (Å²) in [4.78, 5) is 10.8. The summed E-state index contributed by atoms with van der Waals surface area (Å²) < 4.78 is 2.00. The Morgan fingerprint density at radius 3 is 2.94 bits per heavy atom. The summed E-state index contributed by atoms with van der Waals surface area (Å²) in [5.74, 6) is -0.907. The maximum Gasteiger partial charge on any atom is 0.335 e. The average molecular weight is 236 g/mol. The van der Waals surface area contributed by atoms with Crippen molar-refractivity contribution in [2.45, 2.75) is 6.54 Å². The van der Waals surface area contributed by atoms with Gasteiger partial charge in [-0.3, -0.25) is 0 Å². The number of rotatable bonds is 3. The molecule has 0 unspecified atom stereocenters. The highest BCUT2D eigenvalue weighted by molar-refractivity contribution is 6.25. The fourth-order valence-electron chi connectivity index (χ4n) is 1.65. The number of benzene rings is 1. The summed E-state index contributed by atoms with van der Waals surface area (Å²) in [6.45, 7) is 0.680. The van der Waals surface area contributed by atoms with E-state index in [4.69, 9.17) is 16.7 Å². The van der Waals surface area contributed by atoms with E-state index in [0.29, 0.717) is 12.1 Å². The van der Waals surface area contributed by atoms with Crippen molar-refractivity contribution < 1.29 is 9.90 Å². The van der Waals surface area contributed by atoms with Gasteiger partial charge in [0.25, 0.3) is 0 Å². The molecule has 0 amide bonds. The summed E-state index contributed by atoms with van der Waals surface area (Å²) in [6.07, 6.45) is 3.74. The number of hydrogen-bond acceptors (Lipinski definition) is 1. The van der Waals surface area contributed by atoms with Gasteiger partial charge in [-0.25, -0.2) is 4.79 Å². The predicted molar refractivity (Wildman–Crippen MR) is 63.9 cm³/mol. The van der Waals surface area contributed by atoms with Gasteiger partial charge in [0.2, 0.25) is 0 Å². The SMILES string of the molecule is O=C(O)c1ccc2c(ccn2CC=CCl)c1. The van der Waals surface area contributed by atoms with E-state index in [1.54, 1.807) is 18.2 Å². The molecule has 1 aromatic carbocycles. The van der Waals surface area contributed by atoms with Crippen LogP contribution in [0.3, 0.4) is 0 Å². The molecule has 16 heavy (non-hydrogen) atoms. The summed E-state index contributed by atoms with van der Waals surface area (Å²) in [5, 5.41) is 9.78. The van der Waals surface area contributed by atoms with Gasteiger partial charge in [0.05, 0.1) is 5.56 Å². The number of halogens is 1. The molecule has 0 spiro atoms. The molecule has 0 fully saturated rings. The zero-order chi connectivity index (χ0) is 11.5. The zero-order valence-corrected chi connectivity index (χ0v) is 9.19. The molecular formula is C12H10ClNO2. The monoisotopic (exact) mass is 235 g/mol. The Labute approximate surface area is 97.6 Å². The number of carbonyl (C=O) groups is 1. The number of nitrogens with zero attached hydrogens (tertiary/aromatic N) is 1. The molecule has 1 heterocycles. The van der Waals surface area contributed by atoms with Gasteiger partial charge in [0.1, 0.15) is 0 Å². The van der Waals surface area contributed by atoms with E-state index in [1.807, 2.05) is 22.9 Å². The molecule has 1 N–H and O–H groups in total. The van der Waals surface area contributed by atoms with Gasteiger partial charge in [-0.15, -0.1) is 0 Å². The Balaban J connectivity index is 2.46. The Bertz CT molecular complexity index is 557. The van der Waals surface area contributed by atoms with E-state index >= 15 is 0 Å². The molecule has 4 heteroatoms. The summed E-state index contributed by atoms with van der Waals surface area (Å²) in [6, 6.07) is 6.97. The van der Waals surface area contributed by atoms with E-state index in [0.717, 1.165) is 10.9 Å². The van der Waals surface area contributed by atoms with Crippen molar-refractivity contribution in [3.05, 3.63) is 47.6 Å². The normalized spacial score (nSPS) is 11.3. The average Bonchev–Trinajstić information content (AvgIpc) is 2.68. The van der Waals surface area contributed by atoms with Crippen LogP contribution in [0.2, 0.25) is 0 Å². The molecule has 0 aliphatic carbocycles. The number of carboxylic acid groups (broad SMARTS) is 1. The molecule has 0 aliphatic rings. The van der Waals surface area contributed by atoms with Gasteiger partial charge in [0.15, 0.2) is 0 Å². The molecule has 0 atom stereocenters. The lowest BCUT2D eigenvalue weighted by Gasteiger charge is -2.01. The molecule has 2 rings (SSSR count). The second kappa shape index (κ2) is 4.41. The molecule has 3 nitrogen and oxygen atoms in total. The van der Waals surface area contributed by atoms with E-state index in [-0.39, 0.29) is 0 Å². The van der Waals surface area contributed by atoms with Gasteiger partial charge in [0, 0.05) is 29.2 Å². The van der Waals surface area contributed by atoms with Crippen LogP contribution < -0.4 is 0 Å². The van der Waals surface area contributed by atoms with Gasteiger partial charge >= 0.3 is 5.97 Å². The second-order valence-corrected chi connectivity index (χ2v) is 3.66. The Morgan fingerprint density at radius 2 is 2.25 bits per heavy atom. The lowest BCUT2D eigenvalue weighted by molar-refractivity contribution is 0.0697. The highest BCUT2D eigenvalue weighted by Gasteiger charge is 2.05. The van der Waals surface area contributed by atoms with Crippen LogP contribution in [0.15, 0.2) is 42.1 Å². The molecule has 0 bridgehead atoms. The Morgan fingerprint density at radius 1 is 1.44 bits per heavy atom. The van der Waals surface area contributed by atoms with Crippen molar-refractivity contribution in [2.24, 2.45) is 0 Å². The van der Waals surface area contributed by atoms with Crippen molar-refractivity contribution in [3.63, 3.8) is 0 Å². The molecular weight excluding hydrogens is 226 g/mol. The summed E-state index contributed by atoms with van der Waals surface area (Å²) in [7, 11) is 0. The minimum atomic E-state index is -0.907. The molecule has 0 saturated carbocycles. The summed E-state index contributed by atoms with van der Waals surface area (Å²) in [5.41, 5.74) is 2.77. The quantitative estimate of drug-likeness (QED) is 0.888. The largest absolute Gasteiger partial charge is 0.478 e. The molecule has 0 aliphatic heterocycles. The van der Waals surface area contributed by atoms with Crippen molar-refractivity contribution in [2.75, 3.05) is 0 Å². The zero-order valence-electron chi connectivity index (χ0n) is 8.43.